The van der Waals surface area contributed by atoms with Crippen molar-refractivity contribution in [3.63, 3.8) is 0 Å². The average molecular weight is 326 g/mol. The van der Waals surface area contributed by atoms with Crippen LogP contribution in [-0.2, 0) is 17.6 Å². The number of hydrogen-bond acceptors (Lipinski definition) is 3. The van der Waals surface area contributed by atoms with E-state index in [1.54, 1.807) is 0 Å². The number of thioether (sulfide) groups is 1. The Labute approximate surface area is 139 Å². The van der Waals surface area contributed by atoms with Gasteiger partial charge in [0.15, 0.2) is 0 Å². The maximum absolute atomic E-state index is 12.4. The number of amides is 3. The van der Waals surface area contributed by atoms with Gasteiger partial charge in [0, 0.05) is 4.90 Å². The largest absolute Gasteiger partial charge is 0.351 e. The minimum Gasteiger partial charge on any atom is -0.351 e. The van der Waals surface area contributed by atoms with Gasteiger partial charge in [0.25, 0.3) is 0 Å². The zero-order chi connectivity index (χ0) is 16.2. The van der Waals surface area contributed by atoms with E-state index < -0.39 is 17.2 Å². The lowest BCUT2D eigenvalue weighted by Crippen LogP contribution is -2.37. The van der Waals surface area contributed by atoms with Gasteiger partial charge in [0.2, 0.25) is 5.91 Å². The predicted octanol–water partition coefficient (Wildman–Crippen LogP) is 3.20. The first-order valence-electron chi connectivity index (χ1n) is 7.57. The van der Waals surface area contributed by atoms with Crippen LogP contribution in [0.1, 0.15) is 28.4 Å². The Kier molecular flexibility index (Phi) is 4.67. The van der Waals surface area contributed by atoms with Crippen LogP contribution in [0.25, 0.3) is 0 Å². The Hall–Kier alpha value is -2.27. The van der Waals surface area contributed by atoms with Crippen molar-refractivity contribution in [1.29, 1.82) is 0 Å². The molecule has 0 aliphatic heterocycles. The van der Waals surface area contributed by atoms with Crippen molar-refractivity contribution >= 4 is 23.7 Å². The molecule has 0 unspecified atom stereocenters. The number of primary amides is 1. The Morgan fingerprint density at radius 1 is 1.04 bits per heavy atom. The molecule has 0 aromatic heterocycles. The summed E-state index contributed by atoms with van der Waals surface area (Å²) in [4.78, 5) is 24.4. The number of benzene rings is 2. The summed E-state index contributed by atoms with van der Waals surface area (Å²) in [6.45, 7) is 0. The van der Waals surface area contributed by atoms with E-state index in [1.807, 2.05) is 36.4 Å². The predicted molar refractivity (Wildman–Crippen MR) is 91.2 cm³/mol. The monoisotopic (exact) mass is 326 g/mol. The van der Waals surface area contributed by atoms with Crippen molar-refractivity contribution in [2.45, 2.75) is 29.4 Å². The van der Waals surface area contributed by atoms with Gasteiger partial charge in [-0.05, 0) is 48.1 Å². The van der Waals surface area contributed by atoms with E-state index >= 15 is 0 Å². The molecule has 1 aliphatic carbocycles. The highest BCUT2D eigenvalue weighted by atomic mass is 32.2. The van der Waals surface area contributed by atoms with Crippen molar-refractivity contribution in [3.8, 4) is 0 Å². The molecule has 118 valence electrons. The molecule has 0 saturated heterocycles. The van der Waals surface area contributed by atoms with Gasteiger partial charge < -0.3 is 5.73 Å². The molecule has 2 aromatic carbocycles. The first kappa shape index (κ1) is 15.6. The summed E-state index contributed by atoms with van der Waals surface area (Å²) in [6, 6.07) is 14.9. The minimum atomic E-state index is -0.828. The number of nitrogens with one attached hydrogen (secondary N) is 1. The van der Waals surface area contributed by atoms with Crippen molar-refractivity contribution in [2.24, 2.45) is 5.73 Å². The summed E-state index contributed by atoms with van der Waals surface area (Å²) in [5, 5.41) is 1.68. The third-order valence-corrected chi connectivity index (χ3v) is 5.16. The van der Waals surface area contributed by atoms with Crippen molar-refractivity contribution < 1.29 is 9.59 Å². The molecule has 4 nitrogen and oxygen atoms in total. The third-order valence-electron chi connectivity index (χ3n) is 3.91. The van der Waals surface area contributed by atoms with Crippen molar-refractivity contribution in [2.75, 3.05) is 0 Å². The quantitative estimate of drug-likeness (QED) is 0.848. The van der Waals surface area contributed by atoms with Crippen LogP contribution in [0.2, 0.25) is 0 Å². The molecule has 3 rings (SSSR count). The van der Waals surface area contributed by atoms with Crippen LogP contribution in [0.5, 0.6) is 0 Å². The first-order valence-corrected chi connectivity index (χ1v) is 8.45. The molecule has 0 heterocycles. The number of rotatable bonds is 4. The van der Waals surface area contributed by atoms with Crippen LogP contribution in [0.15, 0.2) is 53.4 Å². The summed E-state index contributed by atoms with van der Waals surface area (Å²) in [6.07, 6.45) is 3.41. The fourth-order valence-corrected chi connectivity index (χ4v) is 3.93. The highest BCUT2D eigenvalue weighted by Gasteiger charge is 2.23. The second-order valence-electron chi connectivity index (χ2n) is 5.55. The number of carbonyl (C=O) groups excluding carboxylic acids is 2. The standard InChI is InChI=1S/C18H18N2O2S/c19-18(22)20-17(21)16(13-5-2-1-3-6-13)23-15-10-9-12-7-4-8-14(12)11-15/h1-3,5-6,9-11,16H,4,7-8H2,(H3,19,20,21,22)/t16-/m1/s1. The maximum Gasteiger partial charge on any atom is 0.318 e. The number of hydrogen-bond donors (Lipinski definition) is 2. The van der Waals surface area contributed by atoms with E-state index in [1.165, 1.54) is 29.3 Å². The summed E-state index contributed by atoms with van der Waals surface area (Å²) < 4.78 is 0. The van der Waals surface area contributed by atoms with Crippen LogP contribution in [-0.4, -0.2) is 11.9 Å². The molecule has 1 aliphatic rings. The number of nitrogens with two attached hydrogens (primary N) is 1. The first-order chi connectivity index (χ1) is 11.1. The third kappa shape index (κ3) is 3.74. The minimum absolute atomic E-state index is 0.394. The van der Waals surface area contributed by atoms with Crippen molar-refractivity contribution in [3.05, 3.63) is 65.2 Å². The molecule has 1 atom stereocenters. The lowest BCUT2D eigenvalue weighted by atomic mass is 10.1. The Morgan fingerprint density at radius 2 is 1.78 bits per heavy atom. The fourth-order valence-electron chi connectivity index (χ4n) is 2.85. The molecule has 3 amide bonds. The van der Waals surface area contributed by atoms with E-state index in [2.05, 4.69) is 17.4 Å². The van der Waals surface area contributed by atoms with Crippen LogP contribution < -0.4 is 11.1 Å². The van der Waals surface area contributed by atoms with Gasteiger partial charge in [-0.1, -0.05) is 36.4 Å². The van der Waals surface area contributed by atoms with Gasteiger partial charge >= 0.3 is 6.03 Å². The van der Waals surface area contributed by atoms with Gasteiger partial charge in [0.05, 0.1) is 0 Å². The molecular weight excluding hydrogens is 308 g/mol. The summed E-state index contributed by atoms with van der Waals surface area (Å²) in [5.41, 5.74) is 8.69. The summed E-state index contributed by atoms with van der Waals surface area (Å²) >= 11 is 1.44. The van der Waals surface area contributed by atoms with Gasteiger partial charge in [-0.2, -0.15) is 0 Å². The highest BCUT2D eigenvalue weighted by molar-refractivity contribution is 8.00. The summed E-state index contributed by atoms with van der Waals surface area (Å²) in [5.74, 6) is -0.394. The molecule has 0 saturated carbocycles. The molecular formula is C18H18N2O2S. The number of aryl methyl sites for hydroxylation is 2. The maximum atomic E-state index is 12.4. The molecule has 5 heteroatoms. The van der Waals surface area contributed by atoms with Crippen LogP contribution in [0, 0.1) is 0 Å². The lowest BCUT2D eigenvalue weighted by Gasteiger charge is -2.16. The Balaban J connectivity index is 1.86. The molecule has 23 heavy (non-hydrogen) atoms. The fraction of sp³-hybridized carbons (Fsp3) is 0.222. The van der Waals surface area contributed by atoms with Gasteiger partial charge in [-0.25, -0.2) is 4.79 Å². The smallest absolute Gasteiger partial charge is 0.318 e. The SMILES string of the molecule is NC(=O)NC(=O)[C@H](Sc1ccc2c(c1)CCC2)c1ccccc1. The highest BCUT2D eigenvalue weighted by Crippen LogP contribution is 2.37. The molecule has 2 aromatic rings. The van der Waals surface area contributed by atoms with Crippen LogP contribution >= 0.6 is 11.8 Å². The Bertz CT molecular complexity index is 731. The molecule has 0 bridgehead atoms. The lowest BCUT2D eigenvalue weighted by molar-refractivity contribution is -0.119. The Morgan fingerprint density at radius 3 is 2.52 bits per heavy atom. The zero-order valence-electron chi connectivity index (χ0n) is 12.6. The number of fused-ring (bicyclic) bond motifs is 1. The topological polar surface area (TPSA) is 72.2 Å². The zero-order valence-corrected chi connectivity index (χ0v) is 13.4. The van der Waals surface area contributed by atoms with Crippen LogP contribution in [0.3, 0.4) is 0 Å². The second-order valence-corrected chi connectivity index (χ2v) is 6.72. The number of carbonyl (C=O) groups is 2. The summed E-state index contributed by atoms with van der Waals surface area (Å²) in [7, 11) is 0. The van der Waals surface area contributed by atoms with E-state index in [4.69, 9.17) is 5.73 Å². The van der Waals surface area contributed by atoms with Gasteiger partial charge in [-0.3, -0.25) is 10.1 Å². The number of urea groups is 1. The van der Waals surface area contributed by atoms with E-state index in [0.717, 1.165) is 23.3 Å². The molecule has 0 spiro atoms. The van der Waals surface area contributed by atoms with E-state index in [0.29, 0.717) is 0 Å². The molecule has 0 fully saturated rings. The normalized spacial score (nSPS) is 14.1. The molecule has 0 radical (unpaired) electrons. The van der Waals surface area contributed by atoms with E-state index in [-0.39, 0.29) is 0 Å². The second kappa shape index (κ2) is 6.87. The van der Waals surface area contributed by atoms with Gasteiger partial charge in [-0.15, -0.1) is 11.8 Å². The molecule has 3 N–H and O–H groups in total. The van der Waals surface area contributed by atoms with Crippen LogP contribution in [0.4, 0.5) is 4.79 Å². The van der Waals surface area contributed by atoms with Gasteiger partial charge in [0.1, 0.15) is 5.25 Å². The van der Waals surface area contributed by atoms with Crippen molar-refractivity contribution in [1.82, 2.24) is 5.32 Å². The number of imide groups is 1. The van der Waals surface area contributed by atoms with E-state index in [9.17, 15) is 9.59 Å². The average Bonchev–Trinajstić information content (AvgIpc) is 3.00.